The molecule has 8 heteroatoms. The first-order valence-corrected chi connectivity index (χ1v) is 7.46. The average molecular weight is 332 g/mol. The van der Waals surface area contributed by atoms with Crippen LogP contribution < -0.4 is 5.56 Å². The van der Waals surface area contributed by atoms with E-state index in [1.54, 1.807) is 18.3 Å². The molecule has 2 rings (SSSR count). The Kier molecular flexibility index (Phi) is 5.81. The van der Waals surface area contributed by atoms with Gasteiger partial charge in [0.1, 0.15) is 6.61 Å². The number of ether oxygens (including phenoxy) is 1. The number of aromatic nitrogens is 1. The first kappa shape index (κ1) is 17.5. The summed E-state index contributed by atoms with van der Waals surface area (Å²) in [5.41, 5.74) is -0.177. The van der Waals surface area contributed by atoms with Crippen LogP contribution >= 0.6 is 0 Å². The maximum absolute atomic E-state index is 12.3. The van der Waals surface area contributed by atoms with Crippen LogP contribution in [0.4, 0.5) is 13.2 Å². The number of hydrogen-bond donors (Lipinski definition) is 0. The molecule has 0 bridgehead atoms. The van der Waals surface area contributed by atoms with E-state index in [4.69, 9.17) is 4.74 Å². The van der Waals surface area contributed by atoms with E-state index in [0.717, 1.165) is 0 Å². The van der Waals surface area contributed by atoms with Gasteiger partial charge >= 0.3 is 12.1 Å². The first-order valence-electron chi connectivity index (χ1n) is 7.46. The maximum atomic E-state index is 12.3. The van der Waals surface area contributed by atoms with Crippen molar-refractivity contribution in [1.82, 2.24) is 9.47 Å². The number of halogens is 3. The number of rotatable bonds is 5. The monoisotopic (exact) mass is 332 g/mol. The summed E-state index contributed by atoms with van der Waals surface area (Å²) in [5.74, 6) is -0.771. The van der Waals surface area contributed by atoms with Gasteiger partial charge in [0, 0.05) is 12.3 Å². The second-order valence-electron chi connectivity index (χ2n) is 5.57. The predicted octanol–water partition coefficient (Wildman–Crippen LogP) is 1.67. The third-order valence-corrected chi connectivity index (χ3v) is 3.80. The van der Waals surface area contributed by atoms with Crippen molar-refractivity contribution in [2.75, 3.05) is 26.2 Å². The van der Waals surface area contributed by atoms with Crippen LogP contribution in [0.5, 0.6) is 0 Å². The van der Waals surface area contributed by atoms with Gasteiger partial charge in [0.25, 0.3) is 5.56 Å². The van der Waals surface area contributed by atoms with Crippen molar-refractivity contribution in [3.8, 4) is 0 Å². The lowest BCUT2D eigenvalue weighted by atomic mass is 9.97. The van der Waals surface area contributed by atoms with E-state index in [0.29, 0.717) is 12.8 Å². The molecule has 0 aliphatic carbocycles. The van der Waals surface area contributed by atoms with Gasteiger partial charge in [-0.2, -0.15) is 13.2 Å². The molecular weight excluding hydrogens is 313 g/mol. The fourth-order valence-corrected chi connectivity index (χ4v) is 2.59. The lowest BCUT2D eigenvalue weighted by molar-refractivity contribution is -0.156. The Bertz CT molecular complexity index is 578. The minimum Gasteiger partial charge on any atom is -0.464 e. The summed E-state index contributed by atoms with van der Waals surface area (Å²) in [6.45, 7) is -0.135. The molecule has 0 spiro atoms. The van der Waals surface area contributed by atoms with Crippen molar-refractivity contribution < 1.29 is 22.7 Å². The second kappa shape index (κ2) is 7.63. The van der Waals surface area contributed by atoms with Crippen LogP contribution in [0.2, 0.25) is 0 Å². The third kappa shape index (κ3) is 5.70. The highest BCUT2D eigenvalue weighted by atomic mass is 19.4. The van der Waals surface area contributed by atoms with Crippen LogP contribution in [-0.2, 0) is 16.1 Å². The van der Waals surface area contributed by atoms with Crippen molar-refractivity contribution in [3.63, 3.8) is 0 Å². The number of likely N-dealkylation sites (tertiary alicyclic amines) is 1. The highest BCUT2D eigenvalue weighted by Crippen LogP contribution is 2.23. The van der Waals surface area contributed by atoms with Crippen LogP contribution in [0.1, 0.15) is 12.8 Å². The zero-order valence-electron chi connectivity index (χ0n) is 12.6. The van der Waals surface area contributed by atoms with Crippen molar-refractivity contribution in [2.45, 2.75) is 25.6 Å². The topological polar surface area (TPSA) is 51.5 Å². The summed E-state index contributed by atoms with van der Waals surface area (Å²) in [6.07, 6.45) is -1.89. The van der Waals surface area contributed by atoms with Crippen LogP contribution in [0.3, 0.4) is 0 Å². The molecule has 128 valence electrons. The number of carbonyl (C=O) groups excluding carboxylic acids is 1. The summed E-state index contributed by atoms with van der Waals surface area (Å²) in [6, 6.07) is 4.75. The molecule has 0 N–H and O–H groups in total. The lowest BCUT2D eigenvalue weighted by Gasteiger charge is -2.31. The molecule has 1 fully saturated rings. The molecule has 1 saturated heterocycles. The molecule has 2 heterocycles. The normalized spacial score (nSPS) is 17.2. The van der Waals surface area contributed by atoms with Crippen LogP contribution in [0.15, 0.2) is 29.2 Å². The quantitative estimate of drug-likeness (QED) is 0.770. The Morgan fingerprint density at radius 1 is 1.26 bits per heavy atom. The average Bonchev–Trinajstić information content (AvgIpc) is 2.48. The lowest BCUT2D eigenvalue weighted by Crippen LogP contribution is -2.41. The Balaban J connectivity index is 1.71. The molecule has 0 aromatic carbocycles. The fourth-order valence-electron chi connectivity index (χ4n) is 2.59. The van der Waals surface area contributed by atoms with Gasteiger partial charge in [-0.05, 0) is 32.0 Å². The summed E-state index contributed by atoms with van der Waals surface area (Å²) in [7, 11) is 0. The van der Waals surface area contributed by atoms with E-state index in [-0.39, 0.29) is 37.7 Å². The predicted molar refractivity (Wildman–Crippen MR) is 76.9 cm³/mol. The number of carbonyl (C=O) groups is 1. The number of nitrogens with zero attached hydrogens (tertiary/aromatic N) is 2. The van der Waals surface area contributed by atoms with Crippen LogP contribution in [0.25, 0.3) is 0 Å². The van der Waals surface area contributed by atoms with E-state index in [2.05, 4.69) is 0 Å². The minimum absolute atomic E-state index is 0.0749. The van der Waals surface area contributed by atoms with Gasteiger partial charge < -0.3 is 9.30 Å². The maximum Gasteiger partial charge on any atom is 0.401 e. The zero-order chi connectivity index (χ0) is 16.9. The standard InChI is InChI=1S/C15H19F3N2O3/c16-15(17,18)11-19-7-4-12(5-8-19)14(22)23-10-9-20-6-2-1-3-13(20)21/h1-3,6,12H,4-5,7-11H2. The van der Waals surface area contributed by atoms with Gasteiger partial charge in [-0.3, -0.25) is 14.5 Å². The number of hydrogen-bond acceptors (Lipinski definition) is 4. The number of pyridine rings is 1. The second-order valence-corrected chi connectivity index (χ2v) is 5.57. The Labute approximate surface area is 131 Å². The van der Waals surface area contributed by atoms with Gasteiger partial charge in [-0.1, -0.05) is 6.07 Å². The van der Waals surface area contributed by atoms with E-state index in [1.165, 1.54) is 15.5 Å². The zero-order valence-corrected chi connectivity index (χ0v) is 12.6. The van der Waals surface area contributed by atoms with Gasteiger partial charge in [0.05, 0.1) is 19.0 Å². The van der Waals surface area contributed by atoms with E-state index < -0.39 is 18.7 Å². The summed E-state index contributed by atoms with van der Waals surface area (Å²) < 4.78 is 43.5. The number of esters is 1. The van der Waals surface area contributed by atoms with E-state index >= 15 is 0 Å². The molecule has 23 heavy (non-hydrogen) atoms. The largest absolute Gasteiger partial charge is 0.464 e. The molecule has 1 aliphatic heterocycles. The van der Waals surface area contributed by atoms with E-state index in [9.17, 15) is 22.8 Å². The van der Waals surface area contributed by atoms with E-state index in [1.807, 2.05) is 0 Å². The summed E-state index contributed by atoms with van der Waals surface area (Å²) in [4.78, 5) is 24.7. The molecule has 0 saturated carbocycles. The van der Waals surface area contributed by atoms with Crippen molar-refractivity contribution in [2.24, 2.45) is 5.92 Å². The first-order chi connectivity index (χ1) is 10.8. The van der Waals surface area contributed by atoms with Gasteiger partial charge in [-0.15, -0.1) is 0 Å². The number of piperidine rings is 1. The molecule has 0 atom stereocenters. The summed E-state index contributed by atoms with van der Waals surface area (Å²) >= 11 is 0. The van der Waals surface area contributed by atoms with Crippen LogP contribution in [0, 0.1) is 5.92 Å². The van der Waals surface area contributed by atoms with Gasteiger partial charge in [0.2, 0.25) is 0 Å². The van der Waals surface area contributed by atoms with Gasteiger partial charge in [-0.25, -0.2) is 0 Å². The Morgan fingerprint density at radius 2 is 1.96 bits per heavy atom. The van der Waals surface area contributed by atoms with Crippen molar-refractivity contribution in [3.05, 3.63) is 34.7 Å². The third-order valence-electron chi connectivity index (χ3n) is 3.80. The van der Waals surface area contributed by atoms with Crippen molar-refractivity contribution in [1.29, 1.82) is 0 Å². The SMILES string of the molecule is O=C(OCCn1ccccc1=O)C1CCN(CC(F)(F)F)CC1. The fraction of sp³-hybridized carbons (Fsp3) is 0.600. The Hall–Kier alpha value is -1.83. The minimum atomic E-state index is -4.21. The van der Waals surface area contributed by atoms with Crippen LogP contribution in [-0.4, -0.2) is 47.9 Å². The molecule has 0 radical (unpaired) electrons. The highest BCUT2D eigenvalue weighted by molar-refractivity contribution is 5.72. The van der Waals surface area contributed by atoms with Crippen molar-refractivity contribution >= 4 is 5.97 Å². The molecule has 1 aromatic rings. The smallest absolute Gasteiger partial charge is 0.401 e. The molecule has 0 unspecified atom stereocenters. The molecule has 5 nitrogen and oxygen atoms in total. The Morgan fingerprint density at radius 3 is 2.57 bits per heavy atom. The summed E-state index contributed by atoms with van der Waals surface area (Å²) in [5, 5.41) is 0. The molecule has 1 aromatic heterocycles. The number of alkyl halides is 3. The van der Waals surface area contributed by atoms with Gasteiger partial charge in [0.15, 0.2) is 0 Å². The molecule has 0 amide bonds. The highest BCUT2D eigenvalue weighted by Gasteiger charge is 2.34. The molecular formula is C15H19F3N2O3. The molecule has 1 aliphatic rings.